The highest BCUT2D eigenvalue weighted by Crippen LogP contribution is 2.41. The predicted molar refractivity (Wildman–Crippen MR) is 132 cm³/mol. The summed E-state index contributed by atoms with van der Waals surface area (Å²) in [6.45, 7) is 0.149. The molecule has 1 aliphatic rings. The molecule has 1 aromatic heterocycles. The van der Waals surface area contributed by atoms with Crippen LogP contribution in [0.4, 0.5) is 29.3 Å². The van der Waals surface area contributed by atoms with Gasteiger partial charge in [0.15, 0.2) is 29.0 Å². The number of hydrogen-bond donors (Lipinski definition) is 2. The number of carbonyl (C=O) groups excluding carboxylic acids is 3. The van der Waals surface area contributed by atoms with Crippen LogP contribution < -0.4 is 24.8 Å². The molecule has 2 aromatic carbocycles. The van der Waals surface area contributed by atoms with Crippen molar-refractivity contribution in [1.29, 1.82) is 0 Å². The number of nitrogens with one attached hydrogen (secondary N) is 2. The zero-order valence-electron chi connectivity index (χ0n) is 20.7. The van der Waals surface area contributed by atoms with E-state index in [-0.39, 0.29) is 57.7 Å². The Balaban J connectivity index is 1.60. The van der Waals surface area contributed by atoms with Crippen LogP contribution in [-0.4, -0.2) is 45.9 Å². The predicted octanol–water partition coefficient (Wildman–Crippen LogP) is 5.29. The lowest BCUT2D eigenvalue weighted by molar-refractivity contribution is 0.0561. The van der Waals surface area contributed by atoms with Crippen molar-refractivity contribution in [1.82, 2.24) is 0 Å². The Morgan fingerprint density at radius 1 is 0.949 bits per heavy atom. The maximum absolute atomic E-state index is 14.8. The number of anilines is 2. The minimum absolute atomic E-state index is 0.0724. The van der Waals surface area contributed by atoms with Gasteiger partial charge in [-0.25, -0.2) is 27.6 Å². The van der Waals surface area contributed by atoms with E-state index < -0.39 is 41.5 Å². The van der Waals surface area contributed by atoms with Gasteiger partial charge in [0.25, 0.3) is 0 Å². The number of thiophene rings is 1. The van der Waals surface area contributed by atoms with E-state index in [1.54, 1.807) is 0 Å². The lowest BCUT2D eigenvalue weighted by atomic mass is 10.0. The Morgan fingerprint density at radius 2 is 1.67 bits per heavy atom. The summed E-state index contributed by atoms with van der Waals surface area (Å²) >= 11 is 0.831. The summed E-state index contributed by atoms with van der Waals surface area (Å²) in [4.78, 5) is 36.8. The molecule has 4 rings (SSSR count). The Bertz CT molecular complexity index is 1450. The molecule has 1 atom stereocenters. The maximum atomic E-state index is 14.8. The monoisotopic (exact) mass is 566 g/mol. The first-order valence-electron chi connectivity index (χ1n) is 11.2. The summed E-state index contributed by atoms with van der Waals surface area (Å²) in [5, 5.41) is 5.96. The molecule has 1 aliphatic heterocycles. The molecular formula is C25H21F3N2O8S. The molecule has 2 N–H and O–H groups in total. The second kappa shape index (κ2) is 11.5. The molecule has 206 valence electrons. The standard InChI is InChI=1S/C25H21F3N2O8S/c1-34-17-8-12(27)13(9-18(17)38-16-6-7-37-15-5-4-11(26)21(28)20(15)16)29-25(33)30-14-10-39-22(24(32)36-3)19(14)23(31)35-2/h4-5,8-10,16H,6-7H2,1-3H3,(H2,29,30,33). The molecule has 0 spiro atoms. The van der Waals surface area contributed by atoms with Gasteiger partial charge in [0.05, 0.1) is 44.9 Å². The highest BCUT2D eigenvalue weighted by molar-refractivity contribution is 7.13. The van der Waals surface area contributed by atoms with Crippen molar-refractivity contribution in [3.63, 3.8) is 0 Å². The number of halogens is 3. The number of fused-ring (bicyclic) bond motifs is 1. The number of rotatable bonds is 7. The summed E-state index contributed by atoms with van der Waals surface area (Å²) in [7, 11) is 3.47. The Labute approximate surface area is 223 Å². The van der Waals surface area contributed by atoms with E-state index in [1.165, 1.54) is 18.6 Å². The summed E-state index contributed by atoms with van der Waals surface area (Å²) in [5.41, 5.74) is -0.824. The van der Waals surface area contributed by atoms with E-state index in [1.807, 2.05) is 0 Å². The number of benzene rings is 2. The van der Waals surface area contributed by atoms with E-state index in [9.17, 15) is 27.6 Å². The van der Waals surface area contributed by atoms with Crippen LogP contribution >= 0.6 is 11.3 Å². The number of urea groups is 1. The first-order valence-corrected chi connectivity index (χ1v) is 12.1. The van der Waals surface area contributed by atoms with Crippen molar-refractivity contribution in [2.24, 2.45) is 0 Å². The Kier molecular flexibility index (Phi) is 8.14. The molecular weight excluding hydrogens is 545 g/mol. The first-order chi connectivity index (χ1) is 18.7. The third kappa shape index (κ3) is 5.55. The number of methoxy groups -OCH3 is 3. The molecule has 2 amide bonds. The number of esters is 2. The number of amides is 2. The summed E-state index contributed by atoms with van der Waals surface area (Å²) in [6.07, 6.45) is -0.857. The highest BCUT2D eigenvalue weighted by atomic mass is 32.1. The van der Waals surface area contributed by atoms with Gasteiger partial charge in [-0.05, 0) is 12.1 Å². The van der Waals surface area contributed by atoms with Gasteiger partial charge in [-0.1, -0.05) is 0 Å². The summed E-state index contributed by atoms with van der Waals surface area (Å²) in [6, 6.07) is 3.28. The van der Waals surface area contributed by atoms with Gasteiger partial charge in [0, 0.05) is 23.9 Å². The average Bonchev–Trinajstić information content (AvgIpc) is 3.34. The molecule has 1 unspecified atom stereocenters. The van der Waals surface area contributed by atoms with Gasteiger partial charge in [-0.2, -0.15) is 0 Å². The second-order valence-electron chi connectivity index (χ2n) is 7.92. The number of carbonyl (C=O) groups is 3. The zero-order valence-corrected chi connectivity index (χ0v) is 21.5. The van der Waals surface area contributed by atoms with Crippen LogP contribution in [0, 0.1) is 17.5 Å². The van der Waals surface area contributed by atoms with Gasteiger partial charge >= 0.3 is 18.0 Å². The fourth-order valence-electron chi connectivity index (χ4n) is 3.82. The van der Waals surface area contributed by atoms with Crippen LogP contribution in [0.15, 0.2) is 29.6 Å². The molecule has 0 aliphatic carbocycles. The highest BCUT2D eigenvalue weighted by Gasteiger charge is 2.30. The fourth-order valence-corrected chi connectivity index (χ4v) is 4.73. The van der Waals surface area contributed by atoms with Gasteiger partial charge in [0.2, 0.25) is 0 Å². The first kappa shape index (κ1) is 27.6. The molecule has 0 radical (unpaired) electrons. The van der Waals surface area contributed by atoms with Crippen LogP contribution in [0.3, 0.4) is 0 Å². The van der Waals surface area contributed by atoms with Gasteiger partial charge < -0.3 is 34.3 Å². The van der Waals surface area contributed by atoms with Gasteiger partial charge in [0.1, 0.15) is 22.3 Å². The normalized spacial score (nSPS) is 13.9. The second-order valence-corrected chi connectivity index (χ2v) is 8.80. The van der Waals surface area contributed by atoms with Crippen molar-refractivity contribution in [2.75, 3.05) is 38.6 Å². The topological polar surface area (TPSA) is 121 Å². The van der Waals surface area contributed by atoms with Crippen molar-refractivity contribution in [2.45, 2.75) is 12.5 Å². The molecule has 2 heterocycles. The molecule has 10 nitrogen and oxygen atoms in total. The minimum Gasteiger partial charge on any atom is -0.493 e. The summed E-state index contributed by atoms with van der Waals surface area (Å²) < 4.78 is 69.1. The van der Waals surface area contributed by atoms with E-state index in [4.69, 9.17) is 14.2 Å². The van der Waals surface area contributed by atoms with E-state index >= 15 is 0 Å². The molecule has 14 heteroatoms. The Morgan fingerprint density at radius 3 is 2.36 bits per heavy atom. The lowest BCUT2D eigenvalue weighted by Gasteiger charge is -2.28. The molecule has 3 aromatic rings. The quantitative estimate of drug-likeness (QED) is 0.370. The molecule has 0 bridgehead atoms. The molecule has 39 heavy (non-hydrogen) atoms. The zero-order chi connectivity index (χ0) is 28.3. The maximum Gasteiger partial charge on any atom is 0.349 e. The van der Waals surface area contributed by atoms with Crippen molar-refractivity contribution < 1.29 is 51.2 Å². The molecule has 0 saturated heterocycles. The fraction of sp³-hybridized carbons (Fsp3) is 0.240. The molecule has 0 fully saturated rings. The number of hydrogen-bond acceptors (Lipinski definition) is 9. The number of ether oxygens (including phenoxy) is 5. The SMILES string of the molecule is COC(=O)c1scc(NC(=O)Nc2cc(OC3CCOc4ccc(F)c(F)c43)c(OC)cc2F)c1C(=O)OC. The molecule has 0 saturated carbocycles. The van der Waals surface area contributed by atoms with Crippen LogP contribution in [-0.2, 0) is 9.47 Å². The third-order valence-electron chi connectivity index (χ3n) is 5.62. The van der Waals surface area contributed by atoms with Crippen molar-refractivity contribution in [3.05, 3.63) is 63.1 Å². The summed E-state index contributed by atoms with van der Waals surface area (Å²) in [5.74, 6) is -4.90. The van der Waals surface area contributed by atoms with Crippen LogP contribution in [0.1, 0.15) is 38.1 Å². The van der Waals surface area contributed by atoms with Crippen LogP contribution in [0.25, 0.3) is 0 Å². The minimum atomic E-state index is -1.14. The van der Waals surface area contributed by atoms with Crippen LogP contribution in [0.2, 0.25) is 0 Å². The van der Waals surface area contributed by atoms with Gasteiger partial charge in [-0.15, -0.1) is 11.3 Å². The van der Waals surface area contributed by atoms with E-state index in [2.05, 4.69) is 20.1 Å². The smallest absolute Gasteiger partial charge is 0.349 e. The van der Waals surface area contributed by atoms with Gasteiger partial charge in [-0.3, -0.25) is 0 Å². The average molecular weight is 567 g/mol. The van der Waals surface area contributed by atoms with E-state index in [0.29, 0.717) is 0 Å². The largest absolute Gasteiger partial charge is 0.493 e. The lowest BCUT2D eigenvalue weighted by Crippen LogP contribution is -2.22. The van der Waals surface area contributed by atoms with Crippen LogP contribution in [0.5, 0.6) is 17.2 Å². The van der Waals surface area contributed by atoms with Crippen molar-refractivity contribution in [3.8, 4) is 17.2 Å². The Hall–Kier alpha value is -4.46. The van der Waals surface area contributed by atoms with E-state index in [0.717, 1.165) is 43.8 Å². The van der Waals surface area contributed by atoms with Crippen molar-refractivity contribution >= 4 is 40.7 Å². The third-order valence-corrected chi connectivity index (χ3v) is 6.58.